The molecule has 0 spiro atoms. The van der Waals surface area contributed by atoms with Crippen LogP contribution in [0.1, 0.15) is 16.8 Å². The van der Waals surface area contributed by atoms with E-state index in [2.05, 4.69) is 5.32 Å². The first kappa shape index (κ1) is 16.3. The Morgan fingerprint density at radius 1 is 1.40 bits per heavy atom. The molecule has 0 saturated heterocycles. The number of hydrogen-bond acceptors (Lipinski definition) is 5. The van der Waals surface area contributed by atoms with E-state index in [1.807, 2.05) is 0 Å². The van der Waals surface area contributed by atoms with Gasteiger partial charge in [-0.2, -0.15) is 0 Å². The molecule has 0 atom stereocenters. The molecule has 0 unspecified atom stereocenters. The summed E-state index contributed by atoms with van der Waals surface area (Å²) in [5.74, 6) is -1.11. The van der Waals surface area contributed by atoms with E-state index >= 15 is 0 Å². The Morgan fingerprint density at radius 3 is 2.80 bits per heavy atom. The standard InChI is InChI=1S/C13H17ClN2O4/c1-19-7-3-6-16-11(17)8-20-13(18)12-9(14)4-2-5-10(12)15/h2,4-5H,3,6-8,15H2,1H3,(H,16,17). The lowest BCUT2D eigenvalue weighted by Gasteiger charge is -2.09. The Kier molecular flexibility index (Phi) is 6.83. The predicted molar refractivity (Wildman–Crippen MR) is 75.6 cm³/mol. The third kappa shape index (κ3) is 5.07. The fourth-order valence-corrected chi connectivity index (χ4v) is 1.71. The van der Waals surface area contributed by atoms with Crippen LogP contribution in [0.3, 0.4) is 0 Å². The van der Waals surface area contributed by atoms with Crippen molar-refractivity contribution in [3.05, 3.63) is 28.8 Å². The average molecular weight is 301 g/mol. The Morgan fingerprint density at radius 2 is 2.15 bits per heavy atom. The Hall–Kier alpha value is -1.79. The highest BCUT2D eigenvalue weighted by Crippen LogP contribution is 2.22. The molecule has 0 radical (unpaired) electrons. The van der Waals surface area contributed by atoms with E-state index in [1.54, 1.807) is 13.2 Å². The summed E-state index contributed by atoms with van der Waals surface area (Å²) in [6.45, 7) is 0.630. The molecule has 1 aromatic rings. The van der Waals surface area contributed by atoms with Gasteiger partial charge in [-0.15, -0.1) is 0 Å². The maximum Gasteiger partial charge on any atom is 0.342 e. The van der Waals surface area contributed by atoms with Gasteiger partial charge in [-0.05, 0) is 18.6 Å². The summed E-state index contributed by atoms with van der Waals surface area (Å²) in [6.07, 6.45) is 0.688. The number of carbonyl (C=O) groups is 2. The van der Waals surface area contributed by atoms with Crippen molar-refractivity contribution in [3.8, 4) is 0 Å². The Bertz CT molecular complexity index is 459. The van der Waals surface area contributed by atoms with Crippen molar-refractivity contribution in [3.63, 3.8) is 0 Å². The van der Waals surface area contributed by atoms with Crippen LogP contribution in [0.4, 0.5) is 5.69 Å². The van der Waals surface area contributed by atoms with Gasteiger partial charge in [0.05, 0.1) is 5.02 Å². The fourth-order valence-electron chi connectivity index (χ4n) is 1.45. The van der Waals surface area contributed by atoms with Crippen molar-refractivity contribution in [2.45, 2.75) is 6.42 Å². The molecular weight excluding hydrogens is 284 g/mol. The van der Waals surface area contributed by atoms with Gasteiger partial charge in [0.1, 0.15) is 5.56 Å². The van der Waals surface area contributed by atoms with Gasteiger partial charge < -0.3 is 20.5 Å². The Balaban J connectivity index is 2.41. The number of nitrogens with one attached hydrogen (secondary N) is 1. The van der Waals surface area contributed by atoms with Crippen molar-refractivity contribution in [2.24, 2.45) is 0 Å². The predicted octanol–water partition coefficient (Wildman–Crippen LogP) is 1.23. The number of carbonyl (C=O) groups excluding carboxylic acids is 2. The van der Waals surface area contributed by atoms with Crippen molar-refractivity contribution < 1.29 is 19.1 Å². The molecular formula is C13H17ClN2O4. The molecule has 110 valence electrons. The fraction of sp³-hybridized carbons (Fsp3) is 0.385. The van der Waals surface area contributed by atoms with Crippen molar-refractivity contribution in [1.29, 1.82) is 0 Å². The molecule has 20 heavy (non-hydrogen) atoms. The first-order chi connectivity index (χ1) is 9.56. The van der Waals surface area contributed by atoms with Crippen molar-refractivity contribution in [1.82, 2.24) is 5.32 Å². The van der Waals surface area contributed by atoms with Gasteiger partial charge in [0.2, 0.25) is 0 Å². The molecule has 0 aromatic heterocycles. The van der Waals surface area contributed by atoms with Gasteiger partial charge in [-0.1, -0.05) is 17.7 Å². The van der Waals surface area contributed by atoms with E-state index < -0.39 is 5.97 Å². The highest BCUT2D eigenvalue weighted by molar-refractivity contribution is 6.34. The van der Waals surface area contributed by atoms with Crippen LogP contribution in [0.25, 0.3) is 0 Å². The molecule has 0 bridgehead atoms. The van der Waals surface area contributed by atoms with Crippen LogP contribution in [-0.4, -0.2) is 38.7 Å². The minimum Gasteiger partial charge on any atom is -0.452 e. The largest absolute Gasteiger partial charge is 0.452 e. The number of esters is 1. The van der Waals surface area contributed by atoms with E-state index in [9.17, 15) is 9.59 Å². The second-order valence-electron chi connectivity index (χ2n) is 3.98. The first-order valence-corrected chi connectivity index (χ1v) is 6.40. The number of benzene rings is 1. The molecule has 1 amide bonds. The van der Waals surface area contributed by atoms with Crippen LogP contribution in [0.5, 0.6) is 0 Å². The second-order valence-corrected chi connectivity index (χ2v) is 4.38. The number of ether oxygens (including phenoxy) is 2. The van der Waals surface area contributed by atoms with Crippen molar-refractivity contribution >= 4 is 29.2 Å². The molecule has 1 aromatic carbocycles. The number of halogens is 1. The number of methoxy groups -OCH3 is 1. The average Bonchev–Trinajstić information content (AvgIpc) is 2.41. The zero-order valence-corrected chi connectivity index (χ0v) is 11.9. The Labute approximate surface area is 122 Å². The maximum atomic E-state index is 11.8. The molecule has 6 nitrogen and oxygen atoms in total. The number of nitrogen functional groups attached to an aromatic ring is 1. The van der Waals surface area contributed by atoms with Crippen LogP contribution in [0.15, 0.2) is 18.2 Å². The summed E-state index contributed by atoms with van der Waals surface area (Å²) in [5.41, 5.74) is 5.92. The van der Waals surface area contributed by atoms with Crippen LogP contribution in [0, 0.1) is 0 Å². The summed E-state index contributed by atoms with van der Waals surface area (Å²) in [7, 11) is 1.58. The third-order valence-electron chi connectivity index (χ3n) is 2.43. The van der Waals surface area contributed by atoms with E-state index in [0.29, 0.717) is 19.6 Å². The van der Waals surface area contributed by atoms with Gasteiger partial charge >= 0.3 is 5.97 Å². The minimum atomic E-state index is -0.722. The molecule has 7 heteroatoms. The number of amides is 1. The molecule has 0 aliphatic heterocycles. The van der Waals surface area contributed by atoms with Crippen LogP contribution in [0.2, 0.25) is 5.02 Å². The monoisotopic (exact) mass is 300 g/mol. The topological polar surface area (TPSA) is 90.6 Å². The summed E-state index contributed by atoms with van der Waals surface area (Å²) in [4.78, 5) is 23.2. The van der Waals surface area contributed by atoms with E-state index in [0.717, 1.165) is 0 Å². The molecule has 1 rings (SSSR count). The lowest BCUT2D eigenvalue weighted by Crippen LogP contribution is -2.30. The minimum absolute atomic E-state index is 0.0707. The van der Waals surface area contributed by atoms with Crippen LogP contribution >= 0.6 is 11.6 Å². The molecule has 0 fully saturated rings. The molecule has 0 saturated carbocycles. The van der Waals surface area contributed by atoms with Gasteiger partial charge in [0.15, 0.2) is 6.61 Å². The molecule has 0 aliphatic carbocycles. The summed E-state index contributed by atoms with van der Waals surface area (Å²) < 4.78 is 9.70. The summed E-state index contributed by atoms with van der Waals surface area (Å²) >= 11 is 5.86. The van der Waals surface area contributed by atoms with Gasteiger partial charge in [0, 0.05) is 25.9 Å². The van der Waals surface area contributed by atoms with Gasteiger partial charge in [-0.3, -0.25) is 4.79 Å². The molecule has 0 heterocycles. The SMILES string of the molecule is COCCCNC(=O)COC(=O)c1c(N)cccc1Cl. The zero-order chi connectivity index (χ0) is 15.0. The van der Waals surface area contributed by atoms with Crippen LogP contribution in [-0.2, 0) is 14.3 Å². The van der Waals surface area contributed by atoms with E-state index in [1.165, 1.54) is 12.1 Å². The first-order valence-electron chi connectivity index (χ1n) is 6.03. The second kappa shape index (κ2) is 8.39. The normalized spacial score (nSPS) is 10.1. The smallest absolute Gasteiger partial charge is 0.342 e. The van der Waals surface area contributed by atoms with E-state index in [4.69, 9.17) is 26.8 Å². The quantitative estimate of drug-likeness (QED) is 0.449. The third-order valence-corrected chi connectivity index (χ3v) is 2.75. The summed E-state index contributed by atoms with van der Waals surface area (Å²) in [6, 6.07) is 4.68. The molecule has 3 N–H and O–H groups in total. The summed E-state index contributed by atoms with van der Waals surface area (Å²) in [5, 5.41) is 2.78. The number of rotatable bonds is 7. The lowest BCUT2D eigenvalue weighted by atomic mass is 10.2. The number of nitrogens with two attached hydrogens (primary N) is 1. The number of hydrogen-bond donors (Lipinski definition) is 2. The highest BCUT2D eigenvalue weighted by atomic mass is 35.5. The van der Waals surface area contributed by atoms with Crippen molar-refractivity contribution in [2.75, 3.05) is 32.6 Å². The van der Waals surface area contributed by atoms with Gasteiger partial charge in [0.25, 0.3) is 5.91 Å². The van der Waals surface area contributed by atoms with Crippen LogP contribution < -0.4 is 11.1 Å². The zero-order valence-electron chi connectivity index (χ0n) is 11.1. The molecule has 0 aliphatic rings. The maximum absolute atomic E-state index is 11.8. The van der Waals surface area contributed by atoms with Gasteiger partial charge in [-0.25, -0.2) is 4.79 Å². The highest BCUT2D eigenvalue weighted by Gasteiger charge is 2.16. The van der Waals surface area contributed by atoms with E-state index in [-0.39, 0.29) is 28.8 Å². The lowest BCUT2D eigenvalue weighted by molar-refractivity contribution is -0.124. The number of anilines is 1.